The molecular weight excluding hydrogens is 376 g/mol. The second-order valence-electron chi connectivity index (χ2n) is 8.30. The Balaban J connectivity index is 1.22. The molecule has 0 spiro atoms. The summed E-state index contributed by atoms with van der Waals surface area (Å²) in [5.74, 6) is 2.33. The average molecular weight is 409 g/mol. The van der Waals surface area contributed by atoms with Crippen molar-refractivity contribution in [3.63, 3.8) is 0 Å². The maximum atomic E-state index is 12.4. The number of aromatic nitrogens is 2. The van der Waals surface area contributed by atoms with E-state index in [1.807, 2.05) is 41.1 Å². The second kappa shape index (κ2) is 10.4. The van der Waals surface area contributed by atoms with E-state index in [1.54, 1.807) is 6.20 Å². The molecule has 1 saturated heterocycles. The molecule has 0 radical (unpaired) electrons. The van der Waals surface area contributed by atoms with Crippen LogP contribution in [0.1, 0.15) is 44.6 Å². The number of piperidine rings is 1. The molecular formula is C24H32N4O2. The fourth-order valence-corrected chi connectivity index (χ4v) is 4.42. The normalized spacial score (nSPS) is 20.2. The van der Waals surface area contributed by atoms with Crippen molar-refractivity contribution in [1.29, 1.82) is 0 Å². The number of hydrogen-bond acceptors (Lipinski definition) is 4. The highest BCUT2D eigenvalue weighted by molar-refractivity contribution is 5.89. The number of nitrogens with zero attached hydrogens (tertiary/aromatic N) is 3. The average Bonchev–Trinajstić information content (AvgIpc) is 3.24. The third-order valence-electron chi connectivity index (χ3n) is 6.08. The van der Waals surface area contributed by atoms with Crippen LogP contribution in [-0.4, -0.2) is 46.8 Å². The molecule has 2 heterocycles. The Morgan fingerprint density at radius 3 is 2.70 bits per heavy atom. The summed E-state index contributed by atoms with van der Waals surface area (Å²) in [6.45, 7) is 3.77. The maximum Gasteiger partial charge on any atom is 0.228 e. The smallest absolute Gasteiger partial charge is 0.228 e. The van der Waals surface area contributed by atoms with Gasteiger partial charge in [0.2, 0.25) is 5.91 Å². The number of para-hydroxylation sites is 1. The molecule has 6 nitrogen and oxygen atoms in total. The SMILES string of the molecule is O=C(CCOc1ccccc1)Nc1ccnn1C1CCN(C[C@H]2CC=CCC2)CC1. The fraction of sp³-hybridized carbons (Fsp3) is 0.500. The van der Waals surface area contributed by atoms with Crippen molar-refractivity contribution >= 4 is 11.7 Å². The van der Waals surface area contributed by atoms with Gasteiger partial charge < -0.3 is 15.0 Å². The van der Waals surface area contributed by atoms with E-state index in [4.69, 9.17) is 4.74 Å². The predicted octanol–water partition coefficient (Wildman–Crippen LogP) is 4.28. The first-order valence-corrected chi connectivity index (χ1v) is 11.2. The number of allylic oxidation sites excluding steroid dienone is 2. The molecule has 0 saturated carbocycles. The van der Waals surface area contributed by atoms with E-state index in [0.29, 0.717) is 19.1 Å². The number of nitrogens with one attached hydrogen (secondary N) is 1. The topological polar surface area (TPSA) is 59.4 Å². The van der Waals surface area contributed by atoms with Gasteiger partial charge in [0, 0.05) is 25.7 Å². The first kappa shape index (κ1) is 20.7. The molecule has 2 aromatic rings. The molecule has 4 rings (SSSR count). The zero-order valence-electron chi connectivity index (χ0n) is 17.6. The van der Waals surface area contributed by atoms with E-state index < -0.39 is 0 Å². The minimum atomic E-state index is -0.0459. The summed E-state index contributed by atoms with van der Waals surface area (Å²) in [5.41, 5.74) is 0. The van der Waals surface area contributed by atoms with Crippen LogP contribution in [0.3, 0.4) is 0 Å². The lowest BCUT2D eigenvalue weighted by molar-refractivity contribution is -0.116. The van der Waals surface area contributed by atoms with E-state index in [-0.39, 0.29) is 5.91 Å². The van der Waals surface area contributed by atoms with Crippen molar-refractivity contribution in [1.82, 2.24) is 14.7 Å². The first-order chi connectivity index (χ1) is 14.8. The number of carbonyl (C=O) groups is 1. The van der Waals surface area contributed by atoms with Crippen molar-refractivity contribution in [3.05, 3.63) is 54.7 Å². The van der Waals surface area contributed by atoms with Gasteiger partial charge in [-0.3, -0.25) is 4.79 Å². The molecule has 0 unspecified atom stereocenters. The second-order valence-corrected chi connectivity index (χ2v) is 8.30. The standard InChI is InChI=1S/C24H32N4O2/c29-24(14-18-30-22-9-5-2-6-10-22)26-23-11-15-25-28(23)21-12-16-27(17-13-21)19-20-7-3-1-4-8-20/h1-3,5-6,9-11,15,20-21H,4,7-8,12-14,16-19H2,(H,26,29)/t20-/m0/s1. The summed E-state index contributed by atoms with van der Waals surface area (Å²) in [7, 11) is 0. The van der Waals surface area contributed by atoms with Crippen molar-refractivity contribution in [2.24, 2.45) is 5.92 Å². The largest absolute Gasteiger partial charge is 0.493 e. The Morgan fingerprint density at radius 2 is 1.93 bits per heavy atom. The lowest BCUT2D eigenvalue weighted by Gasteiger charge is -2.35. The number of benzene rings is 1. The molecule has 1 amide bonds. The summed E-state index contributed by atoms with van der Waals surface area (Å²) in [6.07, 6.45) is 12.7. The molecule has 6 heteroatoms. The molecule has 1 N–H and O–H groups in total. The van der Waals surface area contributed by atoms with E-state index >= 15 is 0 Å². The molecule has 1 atom stereocenters. The number of likely N-dealkylation sites (tertiary alicyclic amines) is 1. The molecule has 0 bridgehead atoms. The van der Waals surface area contributed by atoms with Gasteiger partial charge in [0.25, 0.3) is 0 Å². The molecule has 160 valence electrons. The van der Waals surface area contributed by atoms with Gasteiger partial charge in [-0.15, -0.1) is 0 Å². The third-order valence-corrected chi connectivity index (χ3v) is 6.08. The zero-order valence-corrected chi connectivity index (χ0v) is 17.6. The summed E-state index contributed by atoms with van der Waals surface area (Å²) in [4.78, 5) is 15.0. The molecule has 30 heavy (non-hydrogen) atoms. The van der Waals surface area contributed by atoms with Crippen LogP contribution in [0.15, 0.2) is 54.7 Å². The van der Waals surface area contributed by atoms with Gasteiger partial charge in [0.15, 0.2) is 0 Å². The van der Waals surface area contributed by atoms with Crippen LogP contribution in [0.2, 0.25) is 0 Å². The van der Waals surface area contributed by atoms with Crippen LogP contribution in [0.5, 0.6) is 5.75 Å². The van der Waals surface area contributed by atoms with Gasteiger partial charge in [-0.2, -0.15) is 5.10 Å². The number of carbonyl (C=O) groups excluding carboxylic acids is 1. The Kier molecular flexibility index (Phi) is 7.19. The number of ether oxygens (including phenoxy) is 1. The molecule has 2 aliphatic rings. The summed E-state index contributed by atoms with van der Waals surface area (Å²) < 4.78 is 7.62. The van der Waals surface area contributed by atoms with Gasteiger partial charge in [-0.05, 0) is 50.2 Å². The van der Waals surface area contributed by atoms with E-state index in [1.165, 1.54) is 25.8 Å². The molecule has 1 aromatic heterocycles. The fourth-order valence-electron chi connectivity index (χ4n) is 4.42. The Hall–Kier alpha value is -2.60. The number of rotatable bonds is 8. The van der Waals surface area contributed by atoms with Crippen molar-refractivity contribution in [3.8, 4) is 5.75 Å². The Bertz CT molecular complexity index is 825. The lowest BCUT2D eigenvalue weighted by Crippen LogP contribution is -2.38. The third kappa shape index (κ3) is 5.72. The Labute approximate surface area is 178 Å². The van der Waals surface area contributed by atoms with Crippen molar-refractivity contribution < 1.29 is 9.53 Å². The van der Waals surface area contributed by atoms with Crippen LogP contribution >= 0.6 is 0 Å². The molecule has 1 aliphatic carbocycles. The summed E-state index contributed by atoms with van der Waals surface area (Å²) in [5, 5.41) is 7.52. The van der Waals surface area contributed by atoms with Crippen LogP contribution in [-0.2, 0) is 4.79 Å². The predicted molar refractivity (Wildman–Crippen MR) is 119 cm³/mol. The van der Waals surface area contributed by atoms with Gasteiger partial charge in [-0.1, -0.05) is 30.4 Å². The minimum absolute atomic E-state index is 0.0459. The lowest BCUT2D eigenvalue weighted by atomic mass is 9.93. The number of anilines is 1. The van der Waals surface area contributed by atoms with Crippen LogP contribution in [0.4, 0.5) is 5.82 Å². The van der Waals surface area contributed by atoms with E-state index in [0.717, 1.165) is 43.4 Å². The van der Waals surface area contributed by atoms with Crippen molar-refractivity contribution in [2.45, 2.75) is 44.6 Å². The highest BCUT2D eigenvalue weighted by Crippen LogP contribution is 2.27. The minimum Gasteiger partial charge on any atom is -0.493 e. The molecule has 1 fully saturated rings. The highest BCUT2D eigenvalue weighted by Gasteiger charge is 2.24. The zero-order chi connectivity index (χ0) is 20.6. The van der Waals surface area contributed by atoms with Crippen LogP contribution in [0.25, 0.3) is 0 Å². The molecule has 1 aliphatic heterocycles. The monoisotopic (exact) mass is 408 g/mol. The van der Waals surface area contributed by atoms with Gasteiger partial charge >= 0.3 is 0 Å². The van der Waals surface area contributed by atoms with Gasteiger partial charge in [-0.25, -0.2) is 4.68 Å². The van der Waals surface area contributed by atoms with Crippen LogP contribution < -0.4 is 10.1 Å². The number of amides is 1. The van der Waals surface area contributed by atoms with E-state index in [9.17, 15) is 4.79 Å². The quantitative estimate of drug-likeness (QED) is 0.662. The van der Waals surface area contributed by atoms with E-state index in [2.05, 4.69) is 27.5 Å². The maximum absolute atomic E-state index is 12.4. The summed E-state index contributed by atoms with van der Waals surface area (Å²) in [6, 6.07) is 11.8. The van der Waals surface area contributed by atoms with Crippen LogP contribution in [0, 0.1) is 5.92 Å². The number of hydrogen-bond donors (Lipinski definition) is 1. The highest BCUT2D eigenvalue weighted by atomic mass is 16.5. The molecule has 1 aromatic carbocycles. The summed E-state index contributed by atoms with van der Waals surface area (Å²) >= 11 is 0. The van der Waals surface area contributed by atoms with Gasteiger partial charge in [0.05, 0.1) is 25.3 Å². The first-order valence-electron chi connectivity index (χ1n) is 11.2. The van der Waals surface area contributed by atoms with Crippen molar-refractivity contribution in [2.75, 3.05) is 31.6 Å². The Morgan fingerprint density at radius 1 is 1.10 bits per heavy atom. The van der Waals surface area contributed by atoms with Gasteiger partial charge in [0.1, 0.15) is 11.6 Å².